The van der Waals surface area contributed by atoms with Gasteiger partial charge in [-0.05, 0) is 30.3 Å². The molecule has 4 rings (SSSR count). The Morgan fingerprint density at radius 2 is 2.00 bits per heavy atom. The molecule has 2 aliphatic heterocycles. The summed E-state index contributed by atoms with van der Waals surface area (Å²) in [6.07, 6.45) is -5.03. The van der Waals surface area contributed by atoms with Crippen molar-refractivity contribution >= 4 is 11.8 Å². The van der Waals surface area contributed by atoms with E-state index in [4.69, 9.17) is 18.6 Å². The fourth-order valence-corrected chi connectivity index (χ4v) is 3.55. The molecule has 2 aliphatic rings. The highest BCUT2D eigenvalue weighted by Crippen LogP contribution is 2.31. The van der Waals surface area contributed by atoms with Crippen LogP contribution in [0.5, 0.6) is 0 Å². The third-order valence-corrected chi connectivity index (χ3v) is 4.94. The average molecular weight is 413 g/mol. The molecule has 0 radical (unpaired) electrons. The number of alkyl halides is 3. The third-order valence-electron chi connectivity index (χ3n) is 4.94. The number of carbonyl (C=O) groups excluding carboxylic acids is 1. The molecule has 3 N–H and O–H groups in total. The molecule has 2 fully saturated rings. The van der Waals surface area contributed by atoms with E-state index in [9.17, 15) is 18.0 Å². The van der Waals surface area contributed by atoms with Gasteiger partial charge in [0.1, 0.15) is 31.4 Å². The highest BCUT2D eigenvalue weighted by molar-refractivity contribution is 5.84. The molecule has 0 aliphatic carbocycles. The molecule has 156 valence electrons. The van der Waals surface area contributed by atoms with Gasteiger partial charge in [-0.2, -0.15) is 13.2 Å². The van der Waals surface area contributed by atoms with Gasteiger partial charge in [-0.15, -0.1) is 0 Å². The van der Waals surface area contributed by atoms with Gasteiger partial charge < -0.3 is 23.9 Å². The summed E-state index contributed by atoms with van der Waals surface area (Å²) in [5.74, 6) is 0.833. The van der Waals surface area contributed by atoms with Gasteiger partial charge >= 0.3 is 12.3 Å². The minimum atomic E-state index is -4.49. The summed E-state index contributed by atoms with van der Waals surface area (Å²) >= 11 is 0. The first-order valence-electron chi connectivity index (χ1n) is 9.14. The fourth-order valence-electron chi connectivity index (χ4n) is 3.55. The van der Waals surface area contributed by atoms with E-state index in [1.807, 2.05) is 12.1 Å². The molecule has 29 heavy (non-hydrogen) atoms. The smallest absolute Gasteiger partial charge is 0.416 e. The quantitative estimate of drug-likeness (QED) is 0.785. The van der Waals surface area contributed by atoms with Crippen molar-refractivity contribution in [1.29, 1.82) is 0 Å². The second-order valence-corrected chi connectivity index (χ2v) is 6.93. The van der Waals surface area contributed by atoms with Crippen LogP contribution < -0.4 is 10.6 Å². The lowest BCUT2D eigenvalue weighted by Gasteiger charge is -2.17. The lowest BCUT2D eigenvalue weighted by atomic mass is 10.1. The number of quaternary nitrogens is 1. The first-order valence-corrected chi connectivity index (χ1v) is 9.14. The molecule has 2 saturated heterocycles. The predicted molar refractivity (Wildman–Crippen MR) is 92.9 cm³/mol. The van der Waals surface area contributed by atoms with Gasteiger partial charge in [0.05, 0.1) is 18.4 Å². The summed E-state index contributed by atoms with van der Waals surface area (Å²) in [5.41, 5.74) is -0.856. The molecule has 0 saturated carbocycles. The van der Waals surface area contributed by atoms with Crippen LogP contribution in [0.1, 0.15) is 11.3 Å². The number of ether oxygens (including phenoxy) is 3. The molecule has 2 aromatic rings. The molecule has 7 nitrogen and oxygen atoms in total. The SMILES string of the molecule is O=C(Nc1cccc(C(F)(F)F)c1)O[C@@H]1CO[C@H]2[C@@H]1OC[C@@H]2[NH2+]Cc1ccco1. The molecule has 0 unspecified atom stereocenters. The molecule has 0 spiro atoms. The van der Waals surface area contributed by atoms with Gasteiger partial charge in [0.25, 0.3) is 0 Å². The van der Waals surface area contributed by atoms with Crippen LogP contribution in [0.3, 0.4) is 0 Å². The second kappa shape index (κ2) is 8.05. The van der Waals surface area contributed by atoms with Crippen molar-refractivity contribution in [3.63, 3.8) is 0 Å². The van der Waals surface area contributed by atoms with E-state index in [1.165, 1.54) is 12.1 Å². The Balaban J connectivity index is 1.30. The minimum absolute atomic E-state index is 0.00251. The molecular weight excluding hydrogens is 393 g/mol. The van der Waals surface area contributed by atoms with Crippen molar-refractivity contribution in [2.45, 2.75) is 37.1 Å². The van der Waals surface area contributed by atoms with E-state index in [2.05, 4.69) is 10.6 Å². The summed E-state index contributed by atoms with van der Waals surface area (Å²) in [5, 5.41) is 4.37. The maximum Gasteiger partial charge on any atom is 0.416 e. The zero-order valence-corrected chi connectivity index (χ0v) is 15.2. The molecular formula is C19H20F3N2O5+. The van der Waals surface area contributed by atoms with E-state index >= 15 is 0 Å². The number of fused-ring (bicyclic) bond motifs is 1. The van der Waals surface area contributed by atoms with E-state index in [1.54, 1.807) is 6.26 Å². The number of furan rings is 1. The fraction of sp³-hybridized carbons (Fsp3) is 0.421. The number of amides is 1. The lowest BCUT2D eigenvalue weighted by molar-refractivity contribution is -0.709. The van der Waals surface area contributed by atoms with Crippen LogP contribution in [-0.2, 0) is 26.9 Å². The van der Waals surface area contributed by atoms with E-state index in [0.29, 0.717) is 13.2 Å². The van der Waals surface area contributed by atoms with Gasteiger partial charge in [0.15, 0.2) is 11.9 Å². The molecule has 1 aromatic carbocycles. The summed E-state index contributed by atoms with van der Waals surface area (Å²) in [4.78, 5) is 12.1. The van der Waals surface area contributed by atoms with Crippen molar-refractivity contribution in [2.75, 3.05) is 18.5 Å². The summed E-state index contributed by atoms with van der Waals surface area (Å²) in [6, 6.07) is 8.08. The zero-order chi connectivity index (χ0) is 20.4. The Labute approximate surface area is 164 Å². The number of nitrogens with one attached hydrogen (secondary N) is 1. The van der Waals surface area contributed by atoms with Crippen molar-refractivity contribution in [1.82, 2.24) is 0 Å². The third kappa shape index (κ3) is 4.55. The number of nitrogens with two attached hydrogens (primary N) is 1. The molecule has 10 heteroatoms. The van der Waals surface area contributed by atoms with E-state index < -0.39 is 30.0 Å². The van der Waals surface area contributed by atoms with Crippen LogP contribution >= 0.6 is 0 Å². The molecule has 1 aromatic heterocycles. The first-order chi connectivity index (χ1) is 13.9. The number of halogens is 3. The van der Waals surface area contributed by atoms with Gasteiger partial charge in [-0.3, -0.25) is 5.32 Å². The van der Waals surface area contributed by atoms with Gasteiger partial charge in [-0.25, -0.2) is 4.79 Å². The lowest BCUT2D eigenvalue weighted by Crippen LogP contribution is -2.91. The van der Waals surface area contributed by atoms with E-state index in [0.717, 1.165) is 17.9 Å². The second-order valence-electron chi connectivity index (χ2n) is 6.93. The Morgan fingerprint density at radius 3 is 2.76 bits per heavy atom. The summed E-state index contributed by atoms with van der Waals surface area (Å²) in [7, 11) is 0. The van der Waals surface area contributed by atoms with Crippen LogP contribution in [0.15, 0.2) is 47.1 Å². The van der Waals surface area contributed by atoms with Gasteiger partial charge in [-0.1, -0.05) is 6.07 Å². The number of hydrogen-bond donors (Lipinski definition) is 2. The van der Waals surface area contributed by atoms with Crippen molar-refractivity contribution in [3.8, 4) is 0 Å². The molecule has 1 amide bonds. The molecule has 3 heterocycles. The number of benzene rings is 1. The Bertz CT molecular complexity index is 843. The number of rotatable bonds is 5. The van der Waals surface area contributed by atoms with Crippen LogP contribution in [0.25, 0.3) is 0 Å². The first kappa shape index (κ1) is 19.7. The van der Waals surface area contributed by atoms with Gasteiger partial charge in [0.2, 0.25) is 0 Å². The Morgan fingerprint density at radius 1 is 1.17 bits per heavy atom. The maximum absolute atomic E-state index is 12.8. The van der Waals surface area contributed by atoms with Crippen LogP contribution in [0.4, 0.5) is 23.7 Å². The average Bonchev–Trinajstić information content (AvgIpc) is 3.39. The minimum Gasteiger partial charge on any atom is -0.463 e. The zero-order valence-electron chi connectivity index (χ0n) is 15.2. The monoisotopic (exact) mass is 413 g/mol. The number of carbonyl (C=O) groups is 1. The van der Waals surface area contributed by atoms with Crippen molar-refractivity contribution in [2.24, 2.45) is 0 Å². The molecule has 4 atom stereocenters. The number of hydrogen-bond acceptors (Lipinski definition) is 5. The summed E-state index contributed by atoms with van der Waals surface area (Å²) in [6.45, 7) is 1.23. The van der Waals surface area contributed by atoms with Crippen molar-refractivity contribution in [3.05, 3.63) is 54.0 Å². The predicted octanol–water partition coefficient (Wildman–Crippen LogP) is 2.15. The Kier molecular flexibility index (Phi) is 5.48. The maximum atomic E-state index is 12.8. The van der Waals surface area contributed by atoms with Crippen molar-refractivity contribution < 1.29 is 41.9 Å². The summed E-state index contributed by atoms with van der Waals surface area (Å²) < 4.78 is 60.5. The largest absolute Gasteiger partial charge is 0.463 e. The normalized spacial score (nSPS) is 26.3. The highest BCUT2D eigenvalue weighted by Gasteiger charge is 2.51. The number of anilines is 1. The highest BCUT2D eigenvalue weighted by atomic mass is 19.4. The standard InChI is InChI=1S/C19H19F3N2O5/c20-19(21,22)11-3-1-4-12(7-11)24-18(25)29-15-10-28-16-14(9-27-17(15)16)23-8-13-5-2-6-26-13/h1-7,14-17,23H,8-10H2,(H,24,25)/p+1/t14-,15+,16+,17+/m0/s1. The van der Waals surface area contributed by atoms with Crippen LogP contribution in [-0.4, -0.2) is 43.7 Å². The van der Waals surface area contributed by atoms with Crippen LogP contribution in [0.2, 0.25) is 0 Å². The topological polar surface area (TPSA) is 86.5 Å². The van der Waals surface area contributed by atoms with Gasteiger partial charge in [0, 0.05) is 5.69 Å². The Hall–Kier alpha value is -2.56. The van der Waals surface area contributed by atoms with Crippen LogP contribution in [0, 0.1) is 0 Å². The van der Waals surface area contributed by atoms with E-state index in [-0.39, 0.29) is 24.4 Å². The molecule has 0 bridgehead atoms.